The first-order valence-corrected chi connectivity index (χ1v) is 6.23. The highest BCUT2D eigenvalue weighted by Gasteiger charge is 2.17. The first-order chi connectivity index (χ1) is 8.65. The van der Waals surface area contributed by atoms with Crippen LogP contribution in [0.1, 0.15) is 19.3 Å². The van der Waals surface area contributed by atoms with E-state index in [0.29, 0.717) is 12.2 Å². The Bertz CT molecular complexity index is 431. The zero-order chi connectivity index (χ0) is 13.0. The van der Waals surface area contributed by atoms with E-state index in [4.69, 9.17) is 0 Å². The molecule has 5 heteroatoms. The smallest absolute Gasteiger partial charge is 0.279 e. The van der Waals surface area contributed by atoms with Crippen LogP contribution in [0, 0.1) is 11.6 Å². The fraction of sp³-hybridized carbons (Fsp3) is 0.462. The number of amides is 1. The lowest BCUT2D eigenvalue weighted by molar-refractivity contribution is -0.896. The van der Waals surface area contributed by atoms with E-state index in [0.717, 1.165) is 38.1 Å². The van der Waals surface area contributed by atoms with Gasteiger partial charge in [0.05, 0.1) is 13.1 Å². The molecular formula is C13H17F2N2O+. The Labute approximate surface area is 105 Å². The third-order valence-corrected chi connectivity index (χ3v) is 3.17. The van der Waals surface area contributed by atoms with E-state index in [9.17, 15) is 13.6 Å². The van der Waals surface area contributed by atoms with Crippen LogP contribution in [0.25, 0.3) is 0 Å². The molecule has 1 heterocycles. The molecule has 1 aliphatic rings. The van der Waals surface area contributed by atoms with E-state index >= 15 is 0 Å². The predicted octanol–water partition coefficient (Wildman–Crippen LogP) is 0.972. The van der Waals surface area contributed by atoms with Gasteiger partial charge in [-0.1, -0.05) is 0 Å². The predicted molar refractivity (Wildman–Crippen MR) is 64.4 cm³/mol. The number of carbonyl (C=O) groups excluding carboxylic acids is 1. The Balaban J connectivity index is 1.88. The summed E-state index contributed by atoms with van der Waals surface area (Å²) in [6, 6.07) is 3.37. The van der Waals surface area contributed by atoms with Gasteiger partial charge in [0.1, 0.15) is 0 Å². The Morgan fingerprint density at radius 3 is 2.56 bits per heavy atom. The average molecular weight is 255 g/mol. The molecule has 1 fully saturated rings. The van der Waals surface area contributed by atoms with E-state index < -0.39 is 11.6 Å². The number of hydrogen-bond acceptors (Lipinski definition) is 1. The fourth-order valence-electron chi connectivity index (χ4n) is 2.23. The Kier molecular flexibility index (Phi) is 4.25. The lowest BCUT2D eigenvalue weighted by Crippen LogP contribution is -3.13. The third-order valence-electron chi connectivity index (χ3n) is 3.17. The Morgan fingerprint density at radius 2 is 1.89 bits per heavy atom. The van der Waals surface area contributed by atoms with Crippen molar-refractivity contribution in [3.63, 3.8) is 0 Å². The molecule has 0 aliphatic carbocycles. The molecule has 2 N–H and O–H groups in total. The number of carbonyl (C=O) groups is 1. The number of halogens is 2. The van der Waals surface area contributed by atoms with Crippen LogP contribution in [-0.4, -0.2) is 25.5 Å². The summed E-state index contributed by atoms with van der Waals surface area (Å²) in [5, 5.41) is 2.59. The highest BCUT2D eigenvalue weighted by Crippen LogP contribution is 2.12. The zero-order valence-corrected chi connectivity index (χ0v) is 10.1. The second-order valence-electron chi connectivity index (χ2n) is 4.66. The largest absolute Gasteiger partial charge is 0.327 e. The maximum absolute atomic E-state index is 13.0. The second kappa shape index (κ2) is 5.91. The molecule has 0 bridgehead atoms. The quantitative estimate of drug-likeness (QED) is 0.829. The molecule has 0 aromatic heterocycles. The van der Waals surface area contributed by atoms with Gasteiger partial charge >= 0.3 is 0 Å². The van der Waals surface area contributed by atoms with Gasteiger partial charge in [-0.25, -0.2) is 8.78 Å². The average Bonchev–Trinajstić information content (AvgIpc) is 2.35. The van der Waals surface area contributed by atoms with Crippen LogP contribution in [0.15, 0.2) is 18.2 Å². The summed E-state index contributed by atoms with van der Waals surface area (Å²) in [7, 11) is 0. The first-order valence-electron chi connectivity index (χ1n) is 6.23. The highest BCUT2D eigenvalue weighted by molar-refractivity contribution is 5.91. The van der Waals surface area contributed by atoms with Crippen molar-refractivity contribution in [3.8, 4) is 0 Å². The van der Waals surface area contributed by atoms with Gasteiger partial charge < -0.3 is 10.2 Å². The molecular weight excluding hydrogens is 238 g/mol. The molecule has 0 spiro atoms. The summed E-state index contributed by atoms with van der Waals surface area (Å²) in [6.07, 6.45) is 3.52. The normalized spacial score (nSPS) is 16.6. The van der Waals surface area contributed by atoms with Crippen molar-refractivity contribution in [2.75, 3.05) is 25.0 Å². The number of anilines is 1. The minimum Gasteiger partial charge on any atom is -0.327 e. The van der Waals surface area contributed by atoms with Crippen molar-refractivity contribution in [1.29, 1.82) is 0 Å². The van der Waals surface area contributed by atoms with Crippen LogP contribution in [0.3, 0.4) is 0 Å². The molecule has 18 heavy (non-hydrogen) atoms. The van der Waals surface area contributed by atoms with Gasteiger partial charge in [0, 0.05) is 11.8 Å². The summed E-state index contributed by atoms with van der Waals surface area (Å²) in [6.45, 7) is 2.40. The van der Waals surface area contributed by atoms with Gasteiger partial charge in [-0.05, 0) is 31.4 Å². The lowest BCUT2D eigenvalue weighted by Gasteiger charge is -2.22. The molecule has 2 rings (SSSR count). The summed E-state index contributed by atoms with van der Waals surface area (Å²) in [5.74, 6) is -2.01. The van der Waals surface area contributed by atoms with Crippen molar-refractivity contribution in [3.05, 3.63) is 29.8 Å². The summed E-state index contributed by atoms with van der Waals surface area (Å²) in [4.78, 5) is 13.0. The van der Waals surface area contributed by atoms with Gasteiger partial charge in [0.2, 0.25) is 0 Å². The zero-order valence-electron chi connectivity index (χ0n) is 10.1. The van der Waals surface area contributed by atoms with Crippen molar-refractivity contribution < 1.29 is 18.5 Å². The van der Waals surface area contributed by atoms with Crippen LogP contribution in [-0.2, 0) is 4.79 Å². The molecule has 98 valence electrons. The van der Waals surface area contributed by atoms with Crippen molar-refractivity contribution in [1.82, 2.24) is 0 Å². The van der Waals surface area contributed by atoms with Gasteiger partial charge in [-0.2, -0.15) is 0 Å². The molecule has 0 saturated carbocycles. The third kappa shape index (κ3) is 3.50. The molecule has 0 radical (unpaired) electrons. The number of hydrogen-bond donors (Lipinski definition) is 2. The minimum absolute atomic E-state index is 0.155. The number of likely N-dealkylation sites (tertiary alicyclic amines) is 1. The highest BCUT2D eigenvalue weighted by atomic mass is 19.2. The van der Waals surface area contributed by atoms with Gasteiger partial charge in [0.25, 0.3) is 5.91 Å². The van der Waals surface area contributed by atoms with Gasteiger partial charge in [-0.3, -0.25) is 4.79 Å². The standard InChI is InChI=1S/C13H16F2N2O/c14-11-5-4-10(8-12(11)15)16-13(18)9-17-6-2-1-3-7-17/h4-5,8H,1-3,6-7,9H2,(H,16,18)/p+1. The number of benzene rings is 1. The van der Waals surface area contributed by atoms with Gasteiger partial charge in [-0.15, -0.1) is 0 Å². The molecule has 0 atom stereocenters. The van der Waals surface area contributed by atoms with E-state index in [1.165, 1.54) is 17.4 Å². The monoisotopic (exact) mass is 255 g/mol. The second-order valence-corrected chi connectivity index (χ2v) is 4.66. The van der Waals surface area contributed by atoms with Crippen LogP contribution in [0.4, 0.5) is 14.5 Å². The van der Waals surface area contributed by atoms with Crippen molar-refractivity contribution in [2.45, 2.75) is 19.3 Å². The summed E-state index contributed by atoms with van der Waals surface area (Å²) >= 11 is 0. The van der Waals surface area contributed by atoms with Gasteiger partial charge in [0.15, 0.2) is 18.2 Å². The maximum Gasteiger partial charge on any atom is 0.279 e. The van der Waals surface area contributed by atoms with Crippen LogP contribution in [0.5, 0.6) is 0 Å². The lowest BCUT2D eigenvalue weighted by atomic mass is 10.1. The Hall–Kier alpha value is -1.49. The SMILES string of the molecule is O=C(C[NH+]1CCCCC1)Nc1ccc(F)c(F)c1. The van der Waals surface area contributed by atoms with E-state index in [2.05, 4.69) is 5.32 Å². The number of rotatable bonds is 3. The molecule has 1 aliphatic heterocycles. The molecule has 0 unspecified atom stereocenters. The number of quaternary nitrogens is 1. The fourth-order valence-corrected chi connectivity index (χ4v) is 2.23. The Morgan fingerprint density at radius 1 is 1.17 bits per heavy atom. The maximum atomic E-state index is 13.0. The van der Waals surface area contributed by atoms with Crippen LogP contribution in [0.2, 0.25) is 0 Å². The molecule has 3 nitrogen and oxygen atoms in total. The first kappa shape index (κ1) is 13.0. The molecule has 1 aromatic carbocycles. The van der Waals surface area contributed by atoms with E-state index in [-0.39, 0.29) is 5.91 Å². The molecule has 1 aromatic rings. The van der Waals surface area contributed by atoms with Crippen LogP contribution < -0.4 is 10.2 Å². The van der Waals surface area contributed by atoms with Crippen molar-refractivity contribution in [2.24, 2.45) is 0 Å². The topological polar surface area (TPSA) is 33.5 Å². The summed E-state index contributed by atoms with van der Waals surface area (Å²) < 4.78 is 25.7. The number of piperidine rings is 1. The van der Waals surface area contributed by atoms with E-state index in [1.54, 1.807) is 0 Å². The van der Waals surface area contributed by atoms with E-state index in [1.807, 2.05) is 0 Å². The van der Waals surface area contributed by atoms with Crippen LogP contribution >= 0.6 is 0 Å². The molecule has 1 amide bonds. The molecule has 1 saturated heterocycles. The summed E-state index contributed by atoms with van der Waals surface area (Å²) in [5.41, 5.74) is 0.301. The van der Waals surface area contributed by atoms with Crippen molar-refractivity contribution >= 4 is 11.6 Å². The minimum atomic E-state index is -0.946. The number of nitrogens with one attached hydrogen (secondary N) is 2.